The minimum atomic E-state index is -0.881. The van der Waals surface area contributed by atoms with E-state index in [1.165, 1.54) is 0 Å². The Morgan fingerprint density at radius 2 is 1.65 bits per heavy atom. The summed E-state index contributed by atoms with van der Waals surface area (Å²) < 4.78 is 25.0. The predicted molar refractivity (Wildman–Crippen MR) is 205 cm³/mol. The average Bonchev–Trinajstić information content (AvgIpc) is 3.17. The summed E-state index contributed by atoms with van der Waals surface area (Å²) in [6.07, 6.45) is 9.06. The van der Waals surface area contributed by atoms with E-state index in [0.717, 1.165) is 77.2 Å². The van der Waals surface area contributed by atoms with Gasteiger partial charge in [0.1, 0.15) is 6.10 Å². The fourth-order valence-corrected chi connectivity index (χ4v) is 11.3. The van der Waals surface area contributed by atoms with Crippen LogP contribution < -0.4 is 16.4 Å². The third kappa shape index (κ3) is 10.9. The van der Waals surface area contributed by atoms with Crippen LogP contribution in [-0.2, 0) is 23.7 Å². The Labute approximate surface area is 323 Å². The Bertz CT molecular complexity index is 1120. The number of ether oxygens (including phenoxy) is 4. The summed E-state index contributed by atoms with van der Waals surface area (Å²) in [6.45, 7) is 3.72. The molecule has 0 amide bonds. The van der Waals surface area contributed by atoms with E-state index >= 15 is 0 Å². The number of carbonyl (C=O) groups is 1. The molecule has 13 nitrogen and oxygen atoms in total. The minimum Gasteiger partial charge on any atom is -0.481 e. The molecule has 15 atom stereocenters. The molecule has 0 aromatic heterocycles. The normalized spacial score (nSPS) is 40.2. The summed E-state index contributed by atoms with van der Waals surface area (Å²) in [5.41, 5.74) is 5.48. The maximum absolute atomic E-state index is 13.3. The Hall–Kier alpha value is -0.970. The molecule has 0 aromatic carbocycles. The number of carboxylic acids is 1. The van der Waals surface area contributed by atoms with Crippen molar-refractivity contribution < 1.29 is 49.3 Å². The van der Waals surface area contributed by atoms with Gasteiger partial charge in [0.2, 0.25) is 0 Å². The maximum Gasteiger partial charge on any atom is 0.309 e. The number of methoxy groups -OCH3 is 2. The van der Waals surface area contributed by atoms with Crippen LogP contribution in [-0.4, -0.2) is 133 Å². The first kappa shape index (κ1) is 44.1. The van der Waals surface area contributed by atoms with Crippen LogP contribution >= 0.6 is 0 Å². The Balaban J connectivity index is 1.32. The number of likely N-dealkylation sites (N-methyl/N-ethyl adjacent to an activating group) is 1. The lowest BCUT2D eigenvalue weighted by Gasteiger charge is -2.49. The van der Waals surface area contributed by atoms with Crippen LogP contribution in [0.1, 0.15) is 116 Å². The number of hydrogen-bond donors (Lipinski definition) is 8. The van der Waals surface area contributed by atoms with Gasteiger partial charge in [-0.3, -0.25) is 4.79 Å². The van der Waals surface area contributed by atoms with Gasteiger partial charge in [-0.1, -0.05) is 26.2 Å². The highest BCUT2D eigenvalue weighted by Gasteiger charge is 2.51. The summed E-state index contributed by atoms with van der Waals surface area (Å²) in [5, 5.41) is 61.3. The highest BCUT2D eigenvalue weighted by molar-refractivity contribution is 5.75. The van der Waals surface area contributed by atoms with Gasteiger partial charge in [-0.2, -0.15) is 0 Å². The lowest BCUT2D eigenvalue weighted by molar-refractivity contribution is -0.200. The third-order valence-electron chi connectivity index (χ3n) is 14.4. The van der Waals surface area contributed by atoms with Gasteiger partial charge in [0.25, 0.3) is 0 Å². The molecule has 54 heavy (non-hydrogen) atoms. The van der Waals surface area contributed by atoms with Gasteiger partial charge in [-0.15, -0.1) is 0 Å². The Kier molecular flexibility index (Phi) is 17.3. The van der Waals surface area contributed by atoms with Gasteiger partial charge in [0.15, 0.2) is 0 Å². The molecule has 15 unspecified atom stereocenters. The molecule has 2 saturated heterocycles. The molecule has 0 aromatic rings. The van der Waals surface area contributed by atoms with Crippen molar-refractivity contribution in [3.05, 3.63) is 0 Å². The van der Waals surface area contributed by atoms with Crippen molar-refractivity contribution in [1.29, 1.82) is 0 Å². The van der Waals surface area contributed by atoms with Crippen molar-refractivity contribution in [2.45, 2.75) is 177 Å². The van der Waals surface area contributed by atoms with Gasteiger partial charge in [0, 0.05) is 32.8 Å². The summed E-state index contributed by atoms with van der Waals surface area (Å²) in [4.78, 5) is 13.3. The van der Waals surface area contributed by atoms with Crippen LogP contribution in [0.3, 0.4) is 0 Å². The molecular formula is C41H75N3O10. The highest BCUT2D eigenvalue weighted by atomic mass is 16.5. The van der Waals surface area contributed by atoms with Gasteiger partial charge in [0.05, 0.1) is 60.9 Å². The van der Waals surface area contributed by atoms with Crippen LogP contribution in [0.4, 0.5) is 0 Å². The van der Waals surface area contributed by atoms with Gasteiger partial charge >= 0.3 is 5.97 Å². The summed E-state index contributed by atoms with van der Waals surface area (Å²) in [5.74, 6) is -0.508. The number of nitrogens with one attached hydrogen (secondary N) is 2. The molecule has 13 heteroatoms. The second kappa shape index (κ2) is 21.2. The second-order valence-electron chi connectivity index (χ2n) is 17.6. The number of carboxylic acid groups (broad SMARTS) is 1. The number of aliphatic hydroxyl groups excluding tert-OH is 4. The molecular weight excluding hydrogens is 694 g/mol. The van der Waals surface area contributed by atoms with Crippen LogP contribution in [0.25, 0.3) is 0 Å². The number of hydrogen-bond acceptors (Lipinski definition) is 12. The highest BCUT2D eigenvalue weighted by Crippen LogP contribution is 2.48. The second-order valence-corrected chi connectivity index (χ2v) is 17.6. The molecule has 0 bridgehead atoms. The zero-order valence-corrected chi connectivity index (χ0v) is 33.4. The van der Waals surface area contributed by atoms with E-state index in [-0.39, 0.29) is 61.5 Å². The molecule has 5 aliphatic rings. The molecule has 0 spiro atoms. The standard InChI is InChI=1S/C41H75N3O10/c1-4-43-31(30(18-26-12-16-44-37(42)20-26)41(40(49)50)14-6-5-7-15-41)24-53-36-22-27(21-35(52-3)38(36)48)39-29(13-17-45)33(47)23-28(54-39)10-8-25-9-11-32(46)34(19-25)51-2/h25-39,43-48H,4-24,42H2,1-3H3,(H,49,50). The number of rotatable bonds is 18. The molecule has 2 heterocycles. The molecule has 9 N–H and O–H groups in total. The number of aliphatic hydroxyl groups is 4. The first-order valence-corrected chi connectivity index (χ1v) is 21.5. The molecule has 5 fully saturated rings. The Morgan fingerprint density at radius 1 is 0.907 bits per heavy atom. The van der Waals surface area contributed by atoms with Gasteiger partial charge < -0.3 is 60.8 Å². The number of nitrogens with two attached hydrogens (primary N) is 1. The van der Waals surface area contributed by atoms with E-state index in [4.69, 9.17) is 24.7 Å². The van der Waals surface area contributed by atoms with Crippen LogP contribution in [0.2, 0.25) is 0 Å². The van der Waals surface area contributed by atoms with E-state index in [1.54, 1.807) is 14.2 Å². The average molecular weight is 770 g/mol. The Morgan fingerprint density at radius 3 is 2.31 bits per heavy atom. The van der Waals surface area contributed by atoms with Crippen molar-refractivity contribution in [3.8, 4) is 0 Å². The molecule has 2 aliphatic heterocycles. The van der Waals surface area contributed by atoms with Gasteiger partial charge in [-0.25, -0.2) is 0 Å². The van der Waals surface area contributed by atoms with Crippen molar-refractivity contribution in [1.82, 2.24) is 10.6 Å². The number of piperidine rings is 1. The molecule has 3 saturated carbocycles. The first-order chi connectivity index (χ1) is 26.0. The molecule has 5 rings (SSSR count). The van der Waals surface area contributed by atoms with Gasteiger partial charge in [-0.05, 0) is 127 Å². The topological polar surface area (TPSA) is 205 Å². The van der Waals surface area contributed by atoms with Crippen molar-refractivity contribution in [2.75, 3.05) is 40.5 Å². The van der Waals surface area contributed by atoms with E-state index in [9.17, 15) is 30.3 Å². The molecule has 314 valence electrons. The van der Waals surface area contributed by atoms with Crippen LogP contribution in [0.15, 0.2) is 0 Å². The third-order valence-corrected chi connectivity index (χ3v) is 14.4. The van der Waals surface area contributed by atoms with Crippen molar-refractivity contribution in [3.63, 3.8) is 0 Å². The lowest BCUT2D eigenvalue weighted by Crippen LogP contribution is -2.56. The predicted octanol–water partition coefficient (Wildman–Crippen LogP) is 2.93. The quantitative estimate of drug-likeness (QED) is 0.101. The largest absolute Gasteiger partial charge is 0.481 e. The fourth-order valence-electron chi connectivity index (χ4n) is 11.3. The molecule has 0 radical (unpaired) electrons. The SMILES string of the molecule is CCNC(COC1CC(C2OC(CCC3CCC(O)C(OC)C3)CC(O)C2CCO)CC(OC)C1O)C(CC1CCNC(N)C1)C1(C(=O)O)CCCCC1. The number of aliphatic carboxylic acids is 1. The summed E-state index contributed by atoms with van der Waals surface area (Å²) in [6, 6.07) is -0.234. The zero-order valence-electron chi connectivity index (χ0n) is 33.4. The smallest absolute Gasteiger partial charge is 0.309 e. The van der Waals surface area contributed by atoms with Crippen LogP contribution in [0, 0.1) is 35.0 Å². The van der Waals surface area contributed by atoms with E-state index < -0.39 is 41.9 Å². The monoisotopic (exact) mass is 770 g/mol. The molecule has 3 aliphatic carbocycles. The summed E-state index contributed by atoms with van der Waals surface area (Å²) >= 11 is 0. The minimum absolute atomic E-state index is 0.0585. The van der Waals surface area contributed by atoms with E-state index in [0.29, 0.717) is 56.9 Å². The first-order valence-electron chi connectivity index (χ1n) is 21.5. The van der Waals surface area contributed by atoms with Crippen LogP contribution in [0.5, 0.6) is 0 Å². The van der Waals surface area contributed by atoms with Crippen molar-refractivity contribution >= 4 is 5.97 Å². The van der Waals surface area contributed by atoms with E-state index in [1.807, 2.05) is 6.92 Å². The summed E-state index contributed by atoms with van der Waals surface area (Å²) in [7, 11) is 3.26. The van der Waals surface area contributed by atoms with Crippen molar-refractivity contribution in [2.24, 2.45) is 40.7 Å². The fraction of sp³-hybridized carbons (Fsp3) is 0.976. The van der Waals surface area contributed by atoms with E-state index in [2.05, 4.69) is 10.6 Å². The zero-order chi connectivity index (χ0) is 38.8. The maximum atomic E-state index is 13.3. The lowest BCUT2D eigenvalue weighted by atomic mass is 9.60.